The molecule has 27 heavy (non-hydrogen) atoms. The highest BCUT2D eigenvalue weighted by Gasteiger charge is 2.33. The Labute approximate surface area is 159 Å². The van der Waals surface area contributed by atoms with Crippen molar-refractivity contribution >= 4 is 11.8 Å². The fraction of sp³-hybridized carbons (Fsp3) is 0.364. The lowest BCUT2D eigenvalue weighted by atomic mass is 10.1. The Kier molecular flexibility index (Phi) is 6.58. The number of amides is 2. The molecule has 3 rings (SSSR count). The lowest BCUT2D eigenvalue weighted by Gasteiger charge is -2.16. The highest BCUT2D eigenvalue weighted by Crippen LogP contribution is 2.18. The number of likely N-dealkylation sites (tertiary alicyclic amines) is 1. The molecule has 0 radical (unpaired) electrons. The summed E-state index contributed by atoms with van der Waals surface area (Å²) in [6, 6.07) is 16.5. The van der Waals surface area contributed by atoms with E-state index in [-0.39, 0.29) is 30.0 Å². The molecule has 1 aliphatic heterocycles. The van der Waals surface area contributed by atoms with Gasteiger partial charge in [0.2, 0.25) is 11.8 Å². The molecule has 2 amide bonds. The molecule has 1 atom stereocenters. The van der Waals surface area contributed by atoms with Crippen molar-refractivity contribution in [3.63, 3.8) is 0 Å². The summed E-state index contributed by atoms with van der Waals surface area (Å²) < 4.78 is 12.9. The van der Waals surface area contributed by atoms with E-state index in [0.717, 1.165) is 18.4 Å². The number of nitrogens with one attached hydrogen (secondary N) is 1. The Morgan fingerprint density at radius 1 is 1.04 bits per heavy atom. The van der Waals surface area contributed by atoms with Crippen LogP contribution in [0, 0.1) is 11.7 Å². The van der Waals surface area contributed by atoms with Crippen molar-refractivity contribution in [2.75, 3.05) is 19.6 Å². The van der Waals surface area contributed by atoms with E-state index < -0.39 is 0 Å². The monoisotopic (exact) mass is 368 g/mol. The Bertz CT molecular complexity index is 762. The molecule has 1 aliphatic rings. The number of carbonyl (C=O) groups excluding carboxylic acids is 2. The lowest BCUT2D eigenvalue weighted by molar-refractivity contribution is -0.129. The van der Waals surface area contributed by atoms with Gasteiger partial charge in [-0.1, -0.05) is 42.5 Å². The molecule has 0 saturated carbocycles. The molecule has 2 aromatic carbocycles. The standard InChI is InChI=1S/C22H25FN2O2/c23-20-10-8-18(9-11-20)12-14-25-16-19(15-21(25)26)22(27)24-13-4-7-17-5-2-1-3-6-17/h1-3,5-6,8-11,19H,4,7,12-16H2,(H,24,27). The molecule has 1 saturated heterocycles. The second kappa shape index (κ2) is 9.31. The van der Waals surface area contributed by atoms with Gasteiger partial charge in [0.05, 0.1) is 5.92 Å². The third-order valence-electron chi connectivity index (χ3n) is 4.95. The van der Waals surface area contributed by atoms with E-state index in [4.69, 9.17) is 0 Å². The second-order valence-corrected chi connectivity index (χ2v) is 7.00. The van der Waals surface area contributed by atoms with Gasteiger partial charge in [-0.05, 0) is 42.5 Å². The van der Waals surface area contributed by atoms with E-state index in [0.29, 0.717) is 26.1 Å². The maximum Gasteiger partial charge on any atom is 0.225 e. The zero-order valence-corrected chi connectivity index (χ0v) is 15.4. The first kappa shape index (κ1) is 19.1. The molecule has 1 heterocycles. The minimum Gasteiger partial charge on any atom is -0.356 e. The summed E-state index contributed by atoms with van der Waals surface area (Å²) >= 11 is 0. The Morgan fingerprint density at radius 3 is 2.48 bits per heavy atom. The fourth-order valence-electron chi connectivity index (χ4n) is 3.37. The van der Waals surface area contributed by atoms with Crippen LogP contribution < -0.4 is 5.32 Å². The summed E-state index contributed by atoms with van der Waals surface area (Å²) in [5.41, 5.74) is 2.24. The highest BCUT2D eigenvalue weighted by molar-refractivity contribution is 5.89. The van der Waals surface area contributed by atoms with Gasteiger partial charge in [0.15, 0.2) is 0 Å². The van der Waals surface area contributed by atoms with Crippen LogP contribution in [0.2, 0.25) is 0 Å². The van der Waals surface area contributed by atoms with Crippen molar-refractivity contribution in [1.82, 2.24) is 10.2 Å². The minimum atomic E-state index is -0.276. The maximum absolute atomic E-state index is 12.9. The molecule has 1 unspecified atom stereocenters. The normalized spacial score (nSPS) is 16.6. The third-order valence-corrected chi connectivity index (χ3v) is 4.95. The van der Waals surface area contributed by atoms with E-state index in [1.807, 2.05) is 18.2 Å². The van der Waals surface area contributed by atoms with E-state index in [9.17, 15) is 14.0 Å². The number of nitrogens with zero attached hydrogens (tertiary/aromatic N) is 1. The summed E-state index contributed by atoms with van der Waals surface area (Å²) in [6.45, 7) is 1.64. The van der Waals surface area contributed by atoms with Crippen molar-refractivity contribution in [3.05, 3.63) is 71.5 Å². The quantitative estimate of drug-likeness (QED) is 0.729. The summed E-state index contributed by atoms with van der Waals surface area (Å²) in [7, 11) is 0. The van der Waals surface area contributed by atoms with Gasteiger partial charge in [-0.3, -0.25) is 9.59 Å². The van der Waals surface area contributed by atoms with Gasteiger partial charge in [0.1, 0.15) is 5.82 Å². The smallest absolute Gasteiger partial charge is 0.225 e. The van der Waals surface area contributed by atoms with Gasteiger partial charge in [-0.15, -0.1) is 0 Å². The number of carbonyl (C=O) groups is 2. The fourth-order valence-corrected chi connectivity index (χ4v) is 3.37. The van der Waals surface area contributed by atoms with Gasteiger partial charge in [-0.25, -0.2) is 4.39 Å². The summed E-state index contributed by atoms with van der Waals surface area (Å²) in [6.07, 6.45) is 2.74. The first-order chi connectivity index (χ1) is 13.1. The largest absolute Gasteiger partial charge is 0.356 e. The van der Waals surface area contributed by atoms with E-state index in [2.05, 4.69) is 17.4 Å². The molecule has 0 bridgehead atoms. The van der Waals surface area contributed by atoms with Crippen LogP contribution in [0.25, 0.3) is 0 Å². The van der Waals surface area contributed by atoms with Crippen molar-refractivity contribution < 1.29 is 14.0 Å². The average Bonchev–Trinajstić information content (AvgIpc) is 3.06. The van der Waals surface area contributed by atoms with Crippen LogP contribution in [-0.2, 0) is 22.4 Å². The molecule has 142 valence electrons. The van der Waals surface area contributed by atoms with Crippen LogP contribution in [0.3, 0.4) is 0 Å². The SMILES string of the molecule is O=C(NCCCc1ccccc1)C1CC(=O)N(CCc2ccc(F)cc2)C1. The minimum absolute atomic E-state index is 0.0153. The molecule has 1 fully saturated rings. The summed E-state index contributed by atoms with van der Waals surface area (Å²) in [5.74, 6) is -0.565. The predicted octanol–water partition coefficient (Wildman–Crippen LogP) is 2.97. The molecular weight excluding hydrogens is 343 g/mol. The van der Waals surface area contributed by atoms with Gasteiger partial charge in [0, 0.05) is 26.1 Å². The number of hydrogen-bond acceptors (Lipinski definition) is 2. The van der Waals surface area contributed by atoms with E-state index in [1.54, 1.807) is 17.0 Å². The van der Waals surface area contributed by atoms with Crippen molar-refractivity contribution in [2.45, 2.75) is 25.7 Å². The van der Waals surface area contributed by atoms with Crippen LogP contribution in [0.5, 0.6) is 0 Å². The third kappa shape index (κ3) is 5.64. The topological polar surface area (TPSA) is 49.4 Å². The summed E-state index contributed by atoms with van der Waals surface area (Å²) in [4.78, 5) is 26.2. The highest BCUT2D eigenvalue weighted by atomic mass is 19.1. The van der Waals surface area contributed by atoms with Crippen molar-refractivity contribution in [2.24, 2.45) is 5.92 Å². The molecule has 5 heteroatoms. The zero-order chi connectivity index (χ0) is 19.1. The molecule has 4 nitrogen and oxygen atoms in total. The van der Waals surface area contributed by atoms with Gasteiger partial charge in [-0.2, -0.15) is 0 Å². The van der Waals surface area contributed by atoms with E-state index >= 15 is 0 Å². The van der Waals surface area contributed by atoms with Gasteiger partial charge in [0.25, 0.3) is 0 Å². The lowest BCUT2D eigenvalue weighted by Crippen LogP contribution is -2.34. The summed E-state index contributed by atoms with van der Waals surface area (Å²) in [5, 5.41) is 2.96. The Hall–Kier alpha value is -2.69. The van der Waals surface area contributed by atoms with Crippen LogP contribution in [0.15, 0.2) is 54.6 Å². The molecule has 2 aromatic rings. The zero-order valence-electron chi connectivity index (χ0n) is 15.4. The molecule has 0 aliphatic carbocycles. The van der Waals surface area contributed by atoms with Crippen LogP contribution in [0.1, 0.15) is 24.0 Å². The Balaban J connectivity index is 1.38. The number of rotatable bonds is 8. The molecule has 1 N–H and O–H groups in total. The molecular formula is C22H25FN2O2. The average molecular weight is 368 g/mol. The first-order valence-electron chi connectivity index (χ1n) is 9.45. The second-order valence-electron chi connectivity index (χ2n) is 7.00. The van der Waals surface area contributed by atoms with E-state index in [1.165, 1.54) is 17.7 Å². The number of halogens is 1. The van der Waals surface area contributed by atoms with Crippen LogP contribution in [-0.4, -0.2) is 36.3 Å². The van der Waals surface area contributed by atoms with Gasteiger partial charge < -0.3 is 10.2 Å². The number of hydrogen-bond donors (Lipinski definition) is 1. The molecule has 0 aromatic heterocycles. The Morgan fingerprint density at radius 2 is 1.74 bits per heavy atom. The first-order valence-corrected chi connectivity index (χ1v) is 9.45. The van der Waals surface area contributed by atoms with Crippen molar-refractivity contribution in [1.29, 1.82) is 0 Å². The van der Waals surface area contributed by atoms with Crippen LogP contribution >= 0.6 is 0 Å². The van der Waals surface area contributed by atoms with Crippen LogP contribution in [0.4, 0.5) is 4.39 Å². The van der Waals surface area contributed by atoms with Crippen molar-refractivity contribution in [3.8, 4) is 0 Å². The predicted molar refractivity (Wildman–Crippen MR) is 103 cm³/mol. The van der Waals surface area contributed by atoms with Gasteiger partial charge >= 0.3 is 0 Å². The molecule has 0 spiro atoms. The maximum atomic E-state index is 12.9. The number of benzene rings is 2. The number of aryl methyl sites for hydroxylation is 1.